The van der Waals surface area contributed by atoms with Crippen molar-refractivity contribution in [2.24, 2.45) is 23.0 Å². The van der Waals surface area contributed by atoms with Crippen LogP contribution in [-0.2, 0) is 4.79 Å². The van der Waals surface area contributed by atoms with Crippen LogP contribution in [-0.4, -0.2) is 5.91 Å². The maximum absolute atomic E-state index is 11.2. The third-order valence-corrected chi connectivity index (χ3v) is 2.67. The SMILES string of the molecule is CC(C)CC(C)(C(N)=O)C(C)C. The summed E-state index contributed by atoms with van der Waals surface area (Å²) in [5, 5.41) is 0. The number of carbonyl (C=O) groups is 1. The molecule has 1 amide bonds. The quantitative estimate of drug-likeness (QED) is 0.692. The highest BCUT2D eigenvalue weighted by atomic mass is 16.1. The number of rotatable bonds is 4. The molecule has 12 heavy (non-hydrogen) atoms. The largest absolute Gasteiger partial charge is 0.369 e. The Kier molecular flexibility index (Phi) is 3.75. The molecule has 0 heterocycles. The van der Waals surface area contributed by atoms with E-state index < -0.39 is 0 Å². The van der Waals surface area contributed by atoms with E-state index in [1.807, 2.05) is 20.8 Å². The van der Waals surface area contributed by atoms with Gasteiger partial charge < -0.3 is 5.73 Å². The maximum Gasteiger partial charge on any atom is 0.223 e. The Morgan fingerprint density at radius 2 is 1.75 bits per heavy atom. The van der Waals surface area contributed by atoms with Crippen molar-refractivity contribution in [1.82, 2.24) is 0 Å². The normalized spacial score (nSPS) is 16.6. The minimum atomic E-state index is -0.339. The van der Waals surface area contributed by atoms with Crippen LogP contribution in [0.4, 0.5) is 0 Å². The summed E-state index contributed by atoms with van der Waals surface area (Å²) < 4.78 is 0. The van der Waals surface area contributed by atoms with Crippen LogP contribution in [0.1, 0.15) is 41.0 Å². The zero-order valence-corrected chi connectivity index (χ0v) is 8.85. The molecule has 0 aliphatic rings. The van der Waals surface area contributed by atoms with Crippen LogP contribution in [0, 0.1) is 17.3 Å². The van der Waals surface area contributed by atoms with Crippen molar-refractivity contribution in [2.75, 3.05) is 0 Å². The van der Waals surface area contributed by atoms with Gasteiger partial charge in [-0.1, -0.05) is 34.6 Å². The van der Waals surface area contributed by atoms with Crippen LogP contribution >= 0.6 is 0 Å². The average Bonchev–Trinajstić information content (AvgIpc) is 1.84. The van der Waals surface area contributed by atoms with Gasteiger partial charge in [-0.15, -0.1) is 0 Å². The topological polar surface area (TPSA) is 43.1 Å². The van der Waals surface area contributed by atoms with Crippen molar-refractivity contribution in [3.05, 3.63) is 0 Å². The summed E-state index contributed by atoms with van der Waals surface area (Å²) >= 11 is 0. The number of amides is 1. The van der Waals surface area contributed by atoms with Gasteiger partial charge in [0.1, 0.15) is 0 Å². The Morgan fingerprint density at radius 3 is 1.83 bits per heavy atom. The van der Waals surface area contributed by atoms with Gasteiger partial charge in [0.2, 0.25) is 5.91 Å². The van der Waals surface area contributed by atoms with Crippen molar-refractivity contribution in [2.45, 2.75) is 41.0 Å². The highest BCUT2D eigenvalue weighted by Crippen LogP contribution is 2.33. The smallest absolute Gasteiger partial charge is 0.223 e. The van der Waals surface area contributed by atoms with Gasteiger partial charge in [-0.3, -0.25) is 4.79 Å². The number of hydrogen-bond donors (Lipinski definition) is 1. The molecule has 0 fully saturated rings. The second-order valence-corrected chi connectivity index (χ2v) is 4.53. The first-order valence-corrected chi connectivity index (χ1v) is 4.60. The standard InChI is InChI=1S/C10H21NO/c1-7(2)6-10(5,8(3)4)9(11)12/h7-8H,6H2,1-5H3,(H2,11,12). The molecule has 2 N–H and O–H groups in total. The van der Waals surface area contributed by atoms with Crippen molar-refractivity contribution in [3.63, 3.8) is 0 Å². The molecule has 0 aliphatic heterocycles. The fourth-order valence-electron chi connectivity index (χ4n) is 1.47. The Labute approximate surface area is 75.5 Å². The zero-order valence-electron chi connectivity index (χ0n) is 8.85. The fraction of sp³-hybridized carbons (Fsp3) is 0.900. The third-order valence-electron chi connectivity index (χ3n) is 2.67. The minimum Gasteiger partial charge on any atom is -0.369 e. The summed E-state index contributed by atoms with van der Waals surface area (Å²) in [5.74, 6) is 0.661. The molecule has 0 bridgehead atoms. The average molecular weight is 171 g/mol. The monoisotopic (exact) mass is 171 g/mol. The Balaban J connectivity index is 4.51. The first kappa shape index (κ1) is 11.5. The van der Waals surface area contributed by atoms with Gasteiger partial charge in [0, 0.05) is 5.41 Å². The van der Waals surface area contributed by atoms with Crippen LogP contribution in [0.2, 0.25) is 0 Å². The molecule has 72 valence electrons. The summed E-state index contributed by atoms with van der Waals surface area (Å²) in [6.45, 7) is 10.3. The van der Waals surface area contributed by atoms with Gasteiger partial charge in [-0.25, -0.2) is 0 Å². The molecule has 0 radical (unpaired) electrons. The van der Waals surface area contributed by atoms with Crippen LogP contribution in [0.3, 0.4) is 0 Å². The van der Waals surface area contributed by atoms with E-state index in [1.54, 1.807) is 0 Å². The molecule has 0 saturated heterocycles. The molecule has 0 aliphatic carbocycles. The van der Waals surface area contributed by atoms with Crippen molar-refractivity contribution in [3.8, 4) is 0 Å². The number of carbonyl (C=O) groups excluding carboxylic acids is 1. The van der Waals surface area contributed by atoms with E-state index in [2.05, 4.69) is 13.8 Å². The van der Waals surface area contributed by atoms with E-state index in [4.69, 9.17) is 5.73 Å². The second-order valence-electron chi connectivity index (χ2n) is 4.53. The molecule has 0 aromatic heterocycles. The summed E-state index contributed by atoms with van der Waals surface area (Å²) in [5.41, 5.74) is 5.04. The lowest BCUT2D eigenvalue weighted by Gasteiger charge is -2.31. The summed E-state index contributed by atoms with van der Waals surface area (Å²) in [6.07, 6.45) is 0.875. The predicted octanol–water partition coefficient (Wildman–Crippen LogP) is 2.18. The molecule has 0 spiro atoms. The van der Waals surface area contributed by atoms with Crippen LogP contribution in [0.5, 0.6) is 0 Å². The lowest BCUT2D eigenvalue weighted by Crippen LogP contribution is -2.39. The Hall–Kier alpha value is -0.530. The molecule has 0 saturated carbocycles. The molecule has 1 unspecified atom stereocenters. The Bertz CT molecular complexity index is 163. The van der Waals surface area contributed by atoms with E-state index in [0.717, 1.165) is 6.42 Å². The molecule has 0 aromatic rings. The molecule has 2 heteroatoms. The van der Waals surface area contributed by atoms with Crippen LogP contribution in [0.25, 0.3) is 0 Å². The van der Waals surface area contributed by atoms with Gasteiger partial charge in [0.15, 0.2) is 0 Å². The van der Waals surface area contributed by atoms with Gasteiger partial charge in [0.25, 0.3) is 0 Å². The molecule has 0 rings (SSSR count). The first-order valence-electron chi connectivity index (χ1n) is 4.60. The van der Waals surface area contributed by atoms with Crippen LogP contribution in [0.15, 0.2) is 0 Å². The van der Waals surface area contributed by atoms with Crippen LogP contribution < -0.4 is 5.73 Å². The van der Waals surface area contributed by atoms with E-state index >= 15 is 0 Å². The second kappa shape index (κ2) is 3.92. The summed E-state index contributed by atoms with van der Waals surface area (Å²) in [6, 6.07) is 0. The number of primary amides is 1. The van der Waals surface area contributed by atoms with Gasteiger partial charge in [-0.2, -0.15) is 0 Å². The predicted molar refractivity (Wildman–Crippen MR) is 51.6 cm³/mol. The molecule has 0 aromatic carbocycles. The van der Waals surface area contributed by atoms with Gasteiger partial charge in [0.05, 0.1) is 0 Å². The van der Waals surface area contributed by atoms with E-state index in [0.29, 0.717) is 11.8 Å². The molecular formula is C10H21NO. The first-order chi connectivity index (χ1) is 5.30. The van der Waals surface area contributed by atoms with Crippen molar-refractivity contribution >= 4 is 5.91 Å². The summed E-state index contributed by atoms with van der Waals surface area (Å²) in [4.78, 5) is 11.2. The lowest BCUT2D eigenvalue weighted by atomic mass is 9.73. The maximum atomic E-state index is 11.2. The van der Waals surface area contributed by atoms with Gasteiger partial charge >= 0.3 is 0 Å². The van der Waals surface area contributed by atoms with E-state index in [-0.39, 0.29) is 11.3 Å². The lowest BCUT2D eigenvalue weighted by molar-refractivity contribution is -0.130. The summed E-state index contributed by atoms with van der Waals surface area (Å²) in [7, 11) is 0. The molecular weight excluding hydrogens is 150 g/mol. The molecule has 1 atom stereocenters. The van der Waals surface area contributed by atoms with E-state index in [1.165, 1.54) is 0 Å². The van der Waals surface area contributed by atoms with Crippen molar-refractivity contribution < 1.29 is 4.79 Å². The highest BCUT2D eigenvalue weighted by molar-refractivity contribution is 5.80. The zero-order chi connectivity index (χ0) is 9.94. The minimum absolute atomic E-state index is 0.175. The molecule has 2 nitrogen and oxygen atoms in total. The number of hydrogen-bond acceptors (Lipinski definition) is 1. The number of nitrogens with two attached hydrogens (primary N) is 1. The third kappa shape index (κ3) is 2.50. The Morgan fingerprint density at radius 1 is 1.33 bits per heavy atom. The van der Waals surface area contributed by atoms with Crippen molar-refractivity contribution in [1.29, 1.82) is 0 Å². The highest BCUT2D eigenvalue weighted by Gasteiger charge is 2.34. The van der Waals surface area contributed by atoms with Gasteiger partial charge in [-0.05, 0) is 18.3 Å². The van der Waals surface area contributed by atoms with E-state index in [9.17, 15) is 4.79 Å². The fourth-order valence-corrected chi connectivity index (χ4v) is 1.47.